The van der Waals surface area contributed by atoms with Gasteiger partial charge in [0.05, 0.1) is 17.0 Å². The quantitative estimate of drug-likeness (QED) is 0.388. The minimum absolute atomic E-state index is 0.0137. The smallest absolute Gasteiger partial charge is 0.329 e. The fourth-order valence-electron chi connectivity index (χ4n) is 6.53. The number of halogens is 1. The molecular formula is C33H41ClN6O6. The number of aliphatic carboxylic acids is 1. The molecule has 1 N–H and O–H groups in total. The highest BCUT2D eigenvalue weighted by molar-refractivity contribution is 6.31. The third kappa shape index (κ3) is 7.73. The molecule has 0 radical (unpaired) electrons. The third-order valence-electron chi connectivity index (χ3n) is 9.09. The maximum Gasteiger partial charge on any atom is 0.329 e. The van der Waals surface area contributed by atoms with Gasteiger partial charge >= 0.3 is 5.97 Å². The minimum atomic E-state index is -1.12. The molecule has 12 nitrogen and oxygen atoms in total. The fraction of sp³-hybridized carbons (Fsp3) is 0.515. The van der Waals surface area contributed by atoms with E-state index < -0.39 is 12.6 Å². The van der Waals surface area contributed by atoms with Crippen LogP contribution >= 0.6 is 11.6 Å². The van der Waals surface area contributed by atoms with Crippen molar-refractivity contribution in [3.63, 3.8) is 0 Å². The van der Waals surface area contributed by atoms with Crippen LogP contribution in [-0.4, -0.2) is 112 Å². The Hall–Kier alpha value is -3.87. The number of ether oxygens (including phenoxy) is 1. The number of carbonyl (C=O) groups is 4. The molecule has 2 fully saturated rings. The number of carbonyl (C=O) groups excluding carboxylic acids is 3. The second-order valence-corrected chi connectivity index (χ2v) is 12.7. The normalized spacial score (nSPS) is 18.4. The average molecular weight is 653 g/mol. The van der Waals surface area contributed by atoms with Gasteiger partial charge in [0, 0.05) is 74.6 Å². The van der Waals surface area contributed by atoms with Gasteiger partial charge in [-0.3, -0.25) is 19.3 Å². The second-order valence-electron chi connectivity index (χ2n) is 12.3. The molecule has 1 atom stereocenters. The van der Waals surface area contributed by atoms with E-state index in [0.717, 1.165) is 37.3 Å². The van der Waals surface area contributed by atoms with Crippen molar-refractivity contribution in [1.82, 2.24) is 24.7 Å². The highest BCUT2D eigenvalue weighted by Crippen LogP contribution is 2.32. The standard InChI is InChI=1S/C33H41ClN6O6/c1-21-5-6-27(13-28(21)34)40(32(44)24-7-11-38(12-8-24)29(41)18-46-19-30(42)43)10-4-9-37-14-25-16-39(17-26(25)15-37)33(45)31-22(2)35-20-36-23(31)3/h5-6,13,16,20,24,26H,4,7-12,14-15,17-19H2,1-3H3,(H,42,43). The predicted molar refractivity (Wildman–Crippen MR) is 171 cm³/mol. The summed E-state index contributed by atoms with van der Waals surface area (Å²) >= 11 is 6.47. The van der Waals surface area contributed by atoms with Gasteiger partial charge in [-0.05, 0) is 63.3 Å². The molecule has 13 heteroatoms. The van der Waals surface area contributed by atoms with E-state index in [2.05, 4.69) is 14.9 Å². The number of hydrogen-bond acceptors (Lipinski definition) is 8. The lowest BCUT2D eigenvalue weighted by molar-refractivity contribution is -0.146. The van der Waals surface area contributed by atoms with Crippen LogP contribution in [0, 0.1) is 32.6 Å². The largest absolute Gasteiger partial charge is 0.480 e. The number of fused-ring (bicyclic) bond motifs is 1. The van der Waals surface area contributed by atoms with Crippen LogP contribution < -0.4 is 4.90 Å². The highest BCUT2D eigenvalue weighted by Gasteiger charge is 2.36. The van der Waals surface area contributed by atoms with Crippen LogP contribution in [0.25, 0.3) is 0 Å². The lowest BCUT2D eigenvalue weighted by atomic mass is 9.94. The first-order valence-electron chi connectivity index (χ1n) is 15.7. The van der Waals surface area contributed by atoms with Crippen LogP contribution in [0.5, 0.6) is 0 Å². The number of aryl methyl sites for hydroxylation is 3. The van der Waals surface area contributed by atoms with E-state index >= 15 is 0 Å². The molecule has 4 heterocycles. The summed E-state index contributed by atoms with van der Waals surface area (Å²) in [6.45, 7) is 9.20. The highest BCUT2D eigenvalue weighted by atomic mass is 35.5. The Morgan fingerprint density at radius 3 is 2.41 bits per heavy atom. The number of rotatable bonds is 11. The van der Waals surface area contributed by atoms with Crippen molar-refractivity contribution < 1.29 is 29.0 Å². The van der Waals surface area contributed by atoms with Crippen LogP contribution in [0.15, 0.2) is 36.3 Å². The van der Waals surface area contributed by atoms with E-state index in [0.29, 0.717) is 61.0 Å². The van der Waals surface area contributed by atoms with Gasteiger partial charge in [-0.1, -0.05) is 17.7 Å². The molecule has 0 saturated carbocycles. The summed E-state index contributed by atoms with van der Waals surface area (Å²) < 4.78 is 4.95. The molecule has 1 unspecified atom stereocenters. The van der Waals surface area contributed by atoms with Crippen LogP contribution in [0.2, 0.25) is 5.02 Å². The first-order chi connectivity index (χ1) is 22.0. The molecule has 46 heavy (non-hydrogen) atoms. The molecule has 3 aliphatic heterocycles. The Labute approximate surface area is 274 Å². The molecule has 3 aliphatic rings. The number of amides is 3. The molecule has 1 aromatic carbocycles. The number of hydrogen-bond donors (Lipinski definition) is 1. The molecule has 0 bridgehead atoms. The number of benzene rings is 1. The number of aromatic nitrogens is 2. The number of nitrogens with zero attached hydrogens (tertiary/aromatic N) is 6. The molecule has 2 saturated heterocycles. The Morgan fingerprint density at radius 2 is 1.76 bits per heavy atom. The van der Waals surface area contributed by atoms with Gasteiger partial charge in [0.1, 0.15) is 19.5 Å². The van der Waals surface area contributed by atoms with Crippen LogP contribution in [-0.2, 0) is 19.1 Å². The first-order valence-corrected chi connectivity index (χ1v) is 16.1. The molecular weight excluding hydrogens is 612 g/mol. The number of carboxylic acid groups (broad SMARTS) is 1. The molecule has 0 spiro atoms. The second kappa shape index (κ2) is 14.7. The van der Waals surface area contributed by atoms with E-state index in [1.165, 1.54) is 11.9 Å². The Morgan fingerprint density at radius 1 is 1.04 bits per heavy atom. The summed E-state index contributed by atoms with van der Waals surface area (Å²) in [6, 6.07) is 5.68. The molecule has 0 aliphatic carbocycles. The number of carboxylic acids is 1. The van der Waals surface area contributed by atoms with Crippen molar-refractivity contribution >= 4 is 41.0 Å². The number of likely N-dealkylation sites (tertiary alicyclic amines) is 2. The average Bonchev–Trinajstić information content (AvgIpc) is 3.59. The third-order valence-corrected chi connectivity index (χ3v) is 9.49. The van der Waals surface area contributed by atoms with Gasteiger partial charge < -0.3 is 24.5 Å². The molecule has 246 valence electrons. The summed E-state index contributed by atoms with van der Waals surface area (Å²) in [5.74, 6) is -1.40. The van der Waals surface area contributed by atoms with Gasteiger partial charge in [0.15, 0.2) is 0 Å². The van der Waals surface area contributed by atoms with Gasteiger partial charge in [0.2, 0.25) is 11.8 Å². The maximum absolute atomic E-state index is 13.9. The lowest BCUT2D eigenvalue weighted by Crippen LogP contribution is -2.46. The van der Waals surface area contributed by atoms with Gasteiger partial charge in [-0.15, -0.1) is 0 Å². The van der Waals surface area contributed by atoms with Crippen molar-refractivity contribution in [2.45, 2.75) is 40.0 Å². The zero-order chi connectivity index (χ0) is 33.0. The molecule has 2 aromatic rings. The summed E-state index contributed by atoms with van der Waals surface area (Å²) in [7, 11) is 0. The SMILES string of the molecule is Cc1ccc(N(CCCN2CC3=CN(C(=O)c4c(C)ncnc4C)CC3C2)C(=O)C2CCN(C(=O)COCC(=O)O)CC2)cc1Cl. The predicted octanol–water partition coefficient (Wildman–Crippen LogP) is 3.09. The Balaban J connectivity index is 1.17. The number of anilines is 1. The van der Waals surface area contributed by atoms with E-state index in [4.69, 9.17) is 21.4 Å². The lowest BCUT2D eigenvalue weighted by Gasteiger charge is -2.34. The monoisotopic (exact) mass is 652 g/mol. The zero-order valence-corrected chi connectivity index (χ0v) is 27.3. The minimum Gasteiger partial charge on any atom is -0.480 e. The summed E-state index contributed by atoms with van der Waals surface area (Å²) in [5, 5.41) is 9.33. The van der Waals surface area contributed by atoms with E-state index in [1.54, 1.807) is 9.80 Å². The van der Waals surface area contributed by atoms with Gasteiger partial charge in [-0.25, -0.2) is 14.8 Å². The summed E-state index contributed by atoms with van der Waals surface area (Å²) in [5.41, 5.74) is 4.87. The molecule has 5 rings (SSSR count). The van der Waals surface area contributed by atoms with Crippen molar-refractivity contribution in [2.24, 2.45) is 11.8 Å². The van der Waals surface area contributed by atoms with E-state index in [9.17, 15) is 19.2 Å². The van der Waals surface area contributed by atoms with Crippen molar-refractivity contribution in [1.29, 1.82) is 0 Å². The van der Waals surface area contributed by atoms with Crippen LogP contribution in [0.4, 0.5) is 5.69 Å². The topological polar surface area (TPSA) is 136 Å². The van der Waals surface area contributed by atoms with Crippen molar-refractivity contribution in [2.75, 3.05) is 63.9 Å². The van der Waals surface area contributed by atoms with Gasteiger partial charge in [-0.2, -0.15) is 0 Å². The van der Waals surface area contributed by atoms with Gasteiger partial charge in [0.25, 0.3) is 5.91 Å². The molecule has 1 aromatic heterocycles. The van der Waals surface area contributed by atoms with E-state index in [1.807, 2.05) is 50.1 Å². The summed E-state index contributed by atoms with van der Waals surface area (Å²) in [6.07, 6.45) is 5.26. The maximum atomic E-state index is 13.9. The number of piperidine rings is 1. The van der Waals surface area contributed by atoms with Crippen LogP contribution in [0.3, 0.4) is 0 Å². The van der Waals surface area contributed by atoms with Crippen LogP contribution in [0.1, 0.15) is 46.6 Å². The Bertz CT molecular complexity index is 1500. The first kappa shape index (κ1) is 33.5. The van der Waals surface area contributed by atoms with E-state index in [-0.39, 0.29) is 36.2 Å². The zero-order valence-electron chi connectivity index (χ0n) is 26.6. The van der Waals surface area contributed by atoms with Crippen molar-refractivity contribution in [3.05, 3.63) is 63.8 Å². The molecule has 3 amide bonds. The fourth-order valence-corrected chi connectivity index (χ4v) is 6.71. The van der Waals surface area contributed by atoms with Crippen molar-refractivity contribution in [3.8, 4) is 0 Å². The Kier molecular flexibility index (Phi) is 10.7. The summed E-state index contributed by atoms with van der Waals surface area (Å²) in [4.78, 5) is 66.2.